The fraction of sp³-hybridized carbons (Fsp3) is 0. The van der Waals surface area contributed by atoms with Crippen molar-refractivity contribution in [3.8, 4) is 5.75 Å². The molecule has 1 aliphatic rings. The van der Waals surface area contributed by atoms with Crippen LogP contribution in [0.25, 0.3) is 0 Å². The van der Waals surface area contributed by atoms with E-state index in [0.29, 0.717) is 0 Å². The Morgan fingerprint density at radius 2 is 1.93 bits per heavy atom. The number of benzene rings is 1. The Morgan fingerprint density at radius 3 is 2.57 bits per heavy atom. The highest BCUT2D eigenvalue weighted by Crippen LogP contribution is 2.29. The van der Waals surface area contributed by atoms with Gasteiger partial charge in [0.15, 0.2) is 5.78 Å². The minimum atomic E-state index is -0.274. The van der Waals surface area contributed by atoms with Crippen LogP contribution < -0.4 is 5.73 Å². The number of phenols is 1. The van der Waals surface area contributed by atoms with Gasteiger partial charge in [-0.05, 0) is 24.3 Å². The van der Waals surface area contributed by atoms with Gasteiger partial charge in [-0.2, -0.15) is 0 Å². The van der Waals surface area contributed by atoms with Gasteiger partial charge in [-0.1, -0.05) is 0 Å². The molecule has 4 nitrogen and oxygen atoms in total. The quantitative estimate of drug-likeness (QED) is 0.420. The summed E-state index contributed by atoms with van der Waals surface area (Å²) in [5.41, 5.74) is 6.43. The molecule has 0 spiro atoms. The van der Waals surface area contributed by atoms with Crippen LogP contribution in [0.2, 0.25) is 0 Å². The van der Waals surface area contributed by atoms with E-state index in [1.807, 2.05) is 0 Å². The first-order valence-corrected chi connectivity index (χ1v) is 4.04. The van der Waals surface area contributed by atoms with Crippen molar-refractivity contribution in [1.29, 1.82) is 5.41 Å². The second-order valence-electron chi connectivity index (χ2n) is 3.04. The highest BCUT2D eigenvalue weighted by Gasteiger charge is 2.22. The molecule has 1 aromatic carbocycles. The lowest BCUT2D eigenvalue weighted by atomic mass is 9.92. The summed E-state index contributed by atoms with van der Waals surface area (Å²) in [5.74, 6) is -0.360. The zero-order valence-corrected chi connectivity index (χ0v) is 7.24. The van der Waals surface area contributed by atoms with Crippen molar-refractivity contribution < 1.29 is 9.90 Å². The number of hydrogen-bond donors (Lipinski definition) is 3. The second-order valence-corrected chi connectivity index (χ2v) is 3.04. The molecule has 0 saturated carbocycles. The van der Waals surface area contributed by atoms with E-state index >= 15 is 0 Å². The monoisotopic (exact) mass is 188 g/mol. The van der Waals surface area contributed by atoms with Gasteiger partial charge in [0.05, 0.1) is 16.8 Å². The van der Waals surface area contributed by atoms with Crippen LogP contribution in [-0.2, 0) is 0 Å². The molecule has 0 aromatic heterocycles. The van der Waals surface area contributed by atoms with Crippen LogP contribution in [-0.4, -0.2) is 16.6 Å². The third kappa shape index (κ3) is 1.01. The topological polar surface area (TPSA) is 87.2 Å². The van der Waals surface area contributed by atoms with E-state index < -0.39 is 0 Å². The van der Waals surface area contributed by atoms with Gasteiger partial charge in [0.25, 0.3) is 0 Å². The van der Waals surface area contributed by atoms with Gasteiger partial charge < -0.3 is 16.2 Å². The summed E-state index contributed by atoms with van der Waals surface area (Å²) >= 11 is 0. The summed E-state index contributed by atoms with van der Waals surface area (Å²) in [6.45, 7) is 0. The summed E-state index contributed by atoms with van der Waals surface area (Å²) in [6, 6.07) is 2.84. The molecule has 14 heavy (non-hydrogen) atoms. The van der Waals surface area contributed by atoms with Crippen molar-refractivity contribution in [3.63, 3.8) is 0 Å². The van der Waals surface area contributed by atoms with E-state index in [1.54, 1.807) is 0 Å². The van der Waals surface area contributed by atoms with Crippen LogP contribution >= 0.6 is 0 Å². The number of rotatable bonds is 0. The summed E-state index contributed by atoms with van der Waals surface area (Å²) in [7, 11) is 0. The van der Waals surface area contributed by atoms with Gasteiger partial charge in [0.1, 0.15) is 5.75 Å². The van der Waals surface area contributed by atoms with Gasteiger partial charge in [-0.3, -0.25) is 4.79 Å². The lowest BCUT2D eigenvalue weighted by Gasteiger charge is -2.14. The SMILES string of the molecule is N=C1C=CC(=O)c2c(N)ccc(O)c21. The van der Waals surface area contributed by atoms with E-state index in [9.17, 15) is 9.90 Å². The maximum atomic E-state index is 11.4. The molecule has 0 radical (unpaired) electrons. The maximum absolute atomic E-state index is 11.4. The molecule has 1 aromatic rings. The van der Waals surface area contributed by atoms with Crippen molar-refractivity contribution in [1.82, 2.24) is 0 Å². The number of carbonyl (C=O) groups excluding carboxylic acids is 1. The number of nitrogen functional groups attached to an aromatic ring is 1. The number of hydrogen-bond acceptors (Lipinski definition) is 4. The fourth-order valence-electron chi connectivity index (χ4n) is 1.47. The molecule has 2 rings (SSSR count). The third-order valence-electron chi connectivity index (χ3n) is 2.13. The molecule has 4 N–H and O–H groups in total. The number of fused-ring (bicyclic) bond motifs is 1. The van der Waals surface area contributed by atoms with Crippen LogP contribution in [0.3, 0.4) is 0 Å². The number of aromatic hydroxyl groups is 1. The Hall–Kier alpha value is -2.10. The van der Waals surface area contributed by atoms with Gasteiger partial charge >= 0.3 is 0 Å². The third-order valence-corrected chi connectivity index (χ3v) is 2.13. The zero-order chi connectivity index (χ0) is 10.3. The molecular formula is C10H8N2O2. The lowest BCUT2D eigenvalue weighted by Crippen LogP contribution is -2.14. The van der Waals surface area contributed by atoms with Crippen molar-refractivity contribution in [3.05, 3.63) is 35.4 Å². The molecule has 70 valence electrons. The van der Waals surface area contributed by atoms with Crippen LogP contribution in [0.5, 0.6) is 5.75 Å². The average molecular weight is 188 g/mol. The molecule has 0 aliphatic heterocycles. The average Bonchev–Trinajstić information content (AvgIpc) is 2.16. The first kappa shape index (κ1) is 8.50. The number of phenolic OH excluding ortho intramolecular Hbond substituents is 1. The molecule has 0 saturated heterocycles. The zero-order valence-electron chi connectivity index (χ0n) is 7.24. The van der Waals surface area contributed by atoms with Crippen molar-refractivity contribution in [2.45, 2.75) is 0 Å². The van der Waals surface area contributed by atoms with Crippen molar-refractivity contribution >= 4 is 17.2 Å². The molecule has 0 atom stereocenters. The minimum Gasteiger partial charge on any atom is -0.507 e. The van der Waals surface area contributed by atoms with Gasteiger partial charge in [0, 0.05) is 5.69 Å². The molecule has 0 heterocycles. The van der Waals surface area contributed by atoms with E-state index in [2.05, 4.69) is 0 Å². The van der Waals surface area contributed by atoms with Crippen LogP contribution in [0.1, 0.15) is 15.9 Å². The normalized spacial score (nSPS) is 14.3. The molecule has 0 fully saturated rings. The van der Waals surface area contributed by atoms with E-state index in [-0.39, 0.29) is 34.1 Å². The highest BCUT2D eigenvalue weighted by molar-refractivity contribution is 6.25. The van der Waals surface area contributed by atoms with Gasteiger partial charge in [0.2, 0.25) is 0 Å². The molecule has 1 aliphatic carbocycles. The Morgan fingerprint density at radius 1 is 1.21 bits per heavy atom. The smallest absolute Gasteiger partial charge is 0.188 e. The van der Waals surface area contributed by atoms with E-state index in [4.69, 9.17) is 11.1 Å². The summed E-state index contributed by atoms with van der Waals surface area (Å²) in [4.78, 5) is 11.4. The Balaban J connectivity index is 2.83. The molecular weight excluding hydrogens is 180 g/mol. The van der Waals surface area contributed by atoms with Crippen LogP contribution in [0.4, 0.5) is 5.69 Å². The van der Waals surface area contributed by atoms with Crippen LogP contribution in [0.15, 0.2) is 24.3 Å². The van der Waals surface area contributed by atoms with E-state index in [0.717, 1.165) is 0 Å². The number of carbonyl (C=O) groups is 1. The highest BCUT2D eigenvalue weighted by atomic mass is 16.3. The predicted molar refractivity (Wildman–Crippen MR) is 52.8 cm³/mol. The number of anilines is 1. The second kappa shape index (κ2) is 2.70. The molecule has 4 heteroatoms. The molecule has 0 unspecified atom stereocenters. The van der Waals surface area contributed by atoms with E-state index in [1.165, 1.54) is 24.3 Å². The van der Waals surface area contributed by atoms with Crippen molar-refractivity contribution in [2.75, 3.05) is 5.73 Å². The number of ketones is 1. The standard InChI is InChI=1S/C10H8N2O2/c11-5-1-3-7(13)10-6(12)2-4-8(14)9(5)10/h1-4,11,14H,12H2. The van der Waals surface area contributed by atoms with Gasteiger partial charge in [-0.25, -0.2) is 0 Å². The van der Waals surface area contributed by atoms with Crippen LogP contribution in [0, 0.1) is 5.41 Å². The summed E-state index contributed by atoms with van der Waals surface area (Å²) in [5, 5.41) is 17.0. The number of allylic oxidation sites excluding steroid dienone is 2. The summed E-state index contributed by atoms with van der Waals surface area (Å²) in [6.07, 6.45) is 2.63. The Kier molecular flexibility index (Phi) is 1.64. The summed E-state index contributed by atoms with van der Waals surface area (Å²) < 4.78 is 0. The predicted octanol–water partition coefficient (Wildman–Crippen LogP) is 1.09. The first-order valence-electron chi connectivity index (χ1n) is 4.04. The Bertz CT molecular complexity index is 432. The van der Waals surface area contributed by atoms with Gasteiger partial charge in [-0.15, -0.1) is 0 Å². The largest absolute Gasteiger partial charge is 0.507 e. The minimum absolute atomic E-state index is 0.0862. The van der Waals surface area contributed by atoms with Crippen molar-refractivity contribution in [2.24, 2.45) is 0 Å². The Labute approximate surface area is 80.2 Å². The molecule has 0 bridgehead atoms. The first-order chi connectivity index (χ1) is 6.61. The number of nitrogens with one attached hydrogen (secondary N) is 1. The fourth-order valence-corrected chi connectivity index (χ4v) is 1.47. The maximum Gasteiger partial charge on any atom is 0.188 e. The molecule has 0 amide bonds. The number of nitrogens with two attached hydrogens (primary N) is 1. The lowest BCUT2D eigenvalue weighted by molar-refractivity contribution is 0.104.